The van der Waals surface area contributed by atoms with Crippen molar-refractivity contribution in [3.63, 3.8) is 0 Å². The predicted octanol–water partition coefficient (Wildman–Crippen LogP) is 3.65. The zero-order valence-corrected chi connectivity index (χ0v) is 15.3. The van der Waals surface area contributed by atoms with Crippen molar-refractivity contribution in [2.75, 3.05) is 6.61 Å². The lowest BCUT2D eigenvalue weighted by Gasteiger charge is -2.05. The first-order valence-electron chi connectivity index (χ1n) is 7.23. The van der Waals surface area contributed by atoms with Crippen LogP contribution in [0, 0.1) is 0 Å². The van der Waals surface area contributed by atoms with E-state index in [1.54, 1.807) is 29.9 Å². The zero-order valence-electron chi connectivity index (χ0n) is 13.0. The Kier molecular flexibility index (Phi) is 5.27. The third-order valence-corrected chi connectivity index (χ3v) is 4.44. The molecule has 130 valence electrons. The number of nitrogens with zero attached hydrogens (tertiary/aromatic N) is 5. The summed E-state index contributed by atoms with van der Waals surface area (Å²) in [4.78, 5) is 11.7. The van der Waals surface area contributed by atoms with Crippen molar-refractivity contribution in [1.82, 2.24) is 24.8 Å². The quantitative estimate of drug-likeness (QED) is 0.483. The average molecular weight is 401 g/mol. The van der Waals surface area contributed by atoms with Gasteiger partial charge >= 0.3 is 5.97 Å². The summed E-state index contributed by atoms with van der Waals surface area (Å²) >= 11 is 18.0. The van der Waals surface area contributed by atoms with Gasteiger partial charge in [0.15, 0.2) is 5.82 Å². The second kappa shape index (κ2) is 7.43. The fraction of sp³-hybridized carbons (Fsp3) is 0.200. The van der Waals surface area contributed by atoms with Gasteiger partial charge in [0.1, 0.15) is 0 Å². The Labute approximate surface area is 158 Å². The Morgan fingerprint density at radius 1 is 1.20 bits per heavy atom. The van der Waals surface area contributed by atoms with Gasteiger partial charge in [-0.05, 0) is 24.6 Å². The lowest BCUT2D eigenvalue weighted by atomic mass is 10.2. The minimum Gasteiger partial charge on any atom is -0.462 e. The average Bonchev–Trinajstić information content (AvgIpc) is 3.21. The Bertz CT molecular complexity index is 899. The van der Waals surface area contributed by atoms with E-state index in [0.29, 0.717) is 39.6 Å². The van der Waals surface area contributed by atoms with E-state index < -0.39 is 5.97 Å². The van der Waals surface area contributed by atoms with Gasteiger partial charge in [-0.15, -0.1) is 5.10 Å². The summed E-state index contributed by atoms with van der Waals surface area (Å²) in [6, 6.07) is 3.42. The van der Waals surface area contributed by atoms with Crippen LogP contribution >= 0.6 is 34.8 Å². The molecule has 0 aliphatic heterocycles. The van der Waals surface area contributed by atoms with Crippen LogP contribution in [0.25, 0.3) is 5.82 Å². The lowest BCUT2D eigenvalue weighted by molar-refractivity contribution is 0.0526. The standard InChI is InChI=1S/C15H12Cl3N5O2/c1-2-25-15(24)10-5-19-23(7-10)13-8-22(21-20-13)6-9-3-11(16)14(18)12(17)4-9/h3-5,7-8H,2,6H2,1H3. The fourth-order valence-corrected chi connectivity index (χ4v) is 2.77. The molecule has 2 heterocycles. The number of benzene rings is 1. The molecular weight excluding hydrogens is 389 g/mol. The maximum Gasteiger partial charge on any atom is 0.341 e. The molecule has 0 amide bonds. The summed E-state index contributed by atoms with van der Waals surface area (Å²) in [6.07, 6.45) is 4.62. The number of hydrogen-bond acceptors (Lipinski definition) is 5. The van der Waals surface area contributed by atoms with Crippen LogP contribution in [0.3, 0.4) is 0 Å². The van der Waals surface area contributed by atoms with Crippen LogP contribution in [0.1, 0.15) is 22.8 Å². The first-order chi connectivity index (χ1) is 12.0. The van der Waals surface area contributed by atoms with Crippen molar-refractivity contribution >= 4 is 40.8 Å². The van der Waals surface area contributed by atoms with Gasteiger partial charge in [0, 0.05) is 6.20 Å². The number of esters is 1. The molecule has 0 aliphatic rings. The normalized spacial score (nSPS) is 10.9. The van der Waals surface area contributed by atoms with Crippen molar-refractivity contribution in [2.45, 2.75) is 13.5 Å². The van der Waals surface area contributed by atoms with Crippen LogP contribution in [0.15, 0.2) is 30.7 Å². The second-order valence-electron chi connectivity index (χ2n) is 5.04. The molecule has 0 unspecified atom stereocenters. The molecule has 0 bridgehead atoms. The number of carbonyl (C=O) groups excluding carboxylic acids is 1. The number of halogens is 3. The van der Waals surface area contributed by atoms with Crippen molar-refractivity contribution in [3.8, 4) is 5.82 Å². The van der Waals surface area contributed by atoms with Crippen LogP contribution < -0.4 is 0 Å². The number of hydrogen-bond donors (Lipinski definition) is 0. The highest BCUT2D eigenvalue weighted by Crippen LogP contribution is 2.31. The Hall–Kier alpha value is -2.09. The summed E-state index contributed by atoms with van der Waals surface area (Å²) < 4.78 is 7.96. The van der Waals surface area contributed by atoms with Crippen molar-refractivity contribution < 1.29 is 9.53 Å². The second-order valence-corrected chi connectivity index (χ2v) is 6.23. The highest BCUT2D eigenvalue weighted by Gasteiger charge is 2.12. The van der Waals surface area contributed by atoms with Crippen LogP contribution in [-0.4, -0.2) is 37.4 Å². The molecular formula is C15H12Cl3N5O2. The molecule has 0 spiro atoms. The maximum absolute atomic E-state index is 11.7. The molecule has 0 saturated heterocycles. The van der Waals surface area contributed by atoms with Crippen LogP contribution in [0.2, 0.25) is 15.1 Å². The highest BCUT2D eigenvalue weighted by atomic mass is 35.5. The van der Waals surface area contributed by atoms with E-state index in [4.69, 9.17) is 39.5 Å². The molecule has 0 N–H and O–H groups in total. The van der Waals surface area contributed by atoms with Gasteiger partial charge in [0.05, 0.1) is 46.2 Å². The van der Waals surface area contributed by atoms with E-state index in [9.17, 15) is 4.79 Å². The van der Waals surface area contributed by atoms with Gasteiger partial charge < -0.3 is 4.74 Å². The molecule has 0 radical (unpaired) electrons. The van der Waals surface area contributed by atoms with Gasteiger partial charge in [0.2, 0.25) is 0 Å². The minimum absolute atomic E-state index is 0.298. The molecule has 3 rings (SSSR count). The largest absolute Gasteiger partial charge is 0.462 e. The Morgan fingerprint density at radius 2 is 1.92 bits per heavy atom. The number of carbonyl (C=O) groups is 1. The Morgan fingerprint density at radius 3 is 2.60 bits per heavy atom. The first-order valence-corrected chi connectivity index (χ1v) is 8.37. The van der Waals surface area contributed by atoms with Crippen LogP contribution in [0.5, 0.6) is 0 Å². The van der Waals surface area contributed by atoms with Crippen LogP contribution in [0.4, 0.5) is 0 Å². The van der Waals surface area contributed by atoms with Gasteiger partial charge in [-0.2, -0.15) is 5.10 Å². The number of aromatic nitrogens is 5. The predicted molar refractivity (Wildman–Crippen MR) is 93.7 cm³/mol. The summed E-state index contributed by atoms with van der Waals surface area (Å²) in [6.45, 7) is 2.44. The fourth-order valence-electron chi connectivity index (χ4n) is 2.12. The molecule has 2 aromatic heterocycles. The molecule has 3 aromatic rings. The summed E-state index contributed by atoms with van der Waals surface area (Å²) in [5.41, 5.74) is 1.16. The van der Waals surface area contributed by atoms with Crippen molar-refractivity contribution in [1.29, 1.82) is 0 Å². The summed E-state index contributed by atoms with van der Waals surface area (Å²) in [5.74, 6) is 0.0216. The van der Waals surface area contributed by atoms with E-state index in [1.165, 1.54) is 17.1 Å². The van der Waals surface area contributed by atoms with Gasteiger partial charge in [-0.25, -0.2) is 14.2 Å². The van der Waals surface area contributed by atoms with Crippen LogP contribution in [-0.2, 0) is 11.3 Å². The molecule has 1 aromatic carbocycles. The zero-order chi connectivity index (χ0) is 18.0. The smallest absolute Gasteiger partial charge is 0.341 e. The maximum atomic E-state index is 11.7. The minimum atomic E-state index is -0.438. The molecule has 10 heteroatoms. The molecule has 0 saturated carbocycles. The van der Waals surface area contributed by atoms with Gasteiger partial charge in [-0.1, -0.05) is 40.0 Å². The third-order valence-electron chi connectivity index (χ3n) is 3.24. The van der Waals surface area contributed by atoms with E-state index in [2.05, 4.69) is 15.4 Å². The molecule has 0 aliphatic carbocycles. The van der Waals surface area contributed by atoms with E-state index in [0.717, 1.165) is 5.56 Å². The monoisotopic (exact) mass is 399 g/mol. The van der Waals surface area contributed by atoms with E-state index >= 15 is 0 Å². The van der Waals surface area contributed by atoms with E-state index in [1.807, 2.05) is 0 Å². The molecule has 0 atom stereocenters. The number of ether oxygens (including phenoxy) is 1. The third kappa shape index (κ3) is 3.95. The molecule has 7 nitrogen and oxygen atoms in total. The molecule has 0 fully saturated rings. The van der Waals surface area contributed by atoms with Gasteiger partial charge in [0.25, 0.3) is 0 Å². The summed E-state index contributed by atoms with van der Waals surface area (Å²) in [5, 5.41) is 13.2. The van der Waals surface area contributed by atoms with Gasteiger partial charge in [-0.3, -0.25) is 0 Å². The van der Waals surface area contributed by atoms with Crippen molar-refractivity contribution in [2.24, 2.45) is 0 Å². The summed E-state index contributed by atoms with van der Waals surface area (Å²) in [7, 11) is 0. The highest BCUT2D eigenvalue weighted by molar-refractivity contribution is 6.48. The lowest BCUT2D eigenvalue weighted by Crippen LogP contribution is -2.03. The topological polar surface area (TPSA) is 74.8 Å². The van der Waals surface area contributed by atoms with Crippen molar-refractivity contribution in [3.05, 3.63) is 56.9 Å². The SMILES string of the molecule is CCOC(=O)c1cnn(-c2cn(Cc3cc(Cl)c(Cl)c(Cl)c3)nn2)c1. The number of rotatable bonds is 5. The van der Waals surface area contributed by atoms with E-state index in [-0.39, 0.29) is 0 Å². The first kappa shape index (κ1) is 17.7. The molecule has 25 heavy (non-hydrogen) atoms. The Balaban J connectivity index is 1.78.